The number of benzene rings is 1. The van der Waals surface area contributed by atoms with E-state index >= 15 is 0 Å². The highest BCUT2D eigenvalue weighted by Crippen LogP contribution is 2.32. The van der Waals surface area contributed by atoms with Gasteiger partial charge in [-0.15, -0.1) is 0 Å². The van der Waals surface area contributed by atoms with Crippen molar-refractivity contribution in [1.29, 1.82) is 0 Å². The first-order valence-corrected chi connectivity index (χ1v) is 6.11. The molecule has 6 heteroatoms. The van der Waals surface area contributed by atoms with Crippen LogP contribution < -0.4 is 0 Å². The molecule has 0 amide bonds. The molecule has 0 aliphatic rings. The Morgan fingerprint density at radius 2 is 1.85 bits per heavy atom. The first kappa shape index (κ1) is 16.5. The highest BCUT2D eigenvalue weighted by molar-refractivity contribution is 5.75. The molecule has 1 aromatic rings. The van der Waals surface area contributed by atoms with E-state index in [1.165, 1.54) is 0 Å². The number of rotatable bonds is 4. The van der Waals surface area contributed by atoms with Gasteiger partial charge in [-0.2, -0.15) is 13.2 Å². The van der Waals surface area contributed by atoms with Gasteiger partial charge < -0.3 is 4.74 Å². The molecule has 0 radical (unpaired) electrons. The van der Waals surface area contributed by atoms with Crippen molar-refractivity contribution in [1.82, 2.24) is 0 Å². The van der Waals surface area contributed by atoms with Crippen LogP contribution in [0.3, 0.4) is 0 Å². The van der Waals surface area contributed by atoms with Crippen molar-refractivity contribution >= 4 is 5.97 Å². The number of hydrogen-bond donors (Lipinski definition) is 0. The molecule has 1 rings (SSSR count). The topological polar surface area (TPSA) is 26.3 Å². The normalized spacial score (nSPS) is 12.3. The van der Waals surface area contributed by atoms with E-state index in [1.54, 1.807) is 20.8 Å². The largest absolute Gasteiger partial charge is 0.460 e. The molecule has 0 heterocycles. The standard InChI is InChI=1S/C14H16F4O2/c1-4-13(2,3)12(19)20-8-9-6-5-7-10(11(9)15)14(16,17)18/h5-7H,4,8H2,1-3H3. The fourth-order valence-corrected chi connectivity index (χ4v) is 1.39. The summed E-state index contributed by atoms with van der Waals surface area (Å²) in [5.41, 5.74) is -2.40. The van der Waals surface area contributed by atoms with Gasteiger partial charge in [0.25, 0.3) is 0 Å². The molecule has 1 aromatic carbocycles. The molecule has 0 atom stereocenters. The Morgan fingerprint density at radius 1 is 1.25 bits per heavy atom. The molecule has 0 spiro atoms. The Labute approximate surface area is 114 Å². The third-order valence-corrected chi connectivity index (χ3v) is 3.18. The molecule has 0 aliphatic heterocycles. The van der Waals surface area contributed by atoms with Crippen LogP contribution in [0, 0.1) is 11.2 Å². The lowest BCUT2D eigenvalue weighted by molar-refractivity contribution is -0.155. The molecule has 0 bridgehead atoms. The number of carbonyl (C=O) groups excluding carboxylic acids is 1. The van der Waals surface area contributed by atoms with E-state index in [1.807, 2.05) is 0 Å². The Balaban J connectivity index is 2.88. The van der Waals surface area contributed by atoms with Crippen LogP contribution in [0.25, 0.3) is 0 Å². The second-order valence-electron chi connectivity index (χ2n) is 5.09. The number of hydrogen-bond acceptors (Lipinski definition) is 2. The van der Waals surface area contributed by atoms with Crippen LogP contribution in [0.2, 0.25) is 0 Å². The lowest BCUT2D eigenvalue weighted by Crippen LogP contribution is -2.25. The van der Waals surface area contributed by atoms with Crippen LogP contribution in [-0.4, -0.2) is 5.97 Å². The minimum Gasteiger partial charge on any atom is -0.460 e. The number of alkyl halides is 3. The number of halogens is 4. The number of esters is 1. The minimum atomic E-state index is -4.77. The lowest BCUT2D eigenvalue weighted by atomic mass is 9.91. The van der Waals surface area contributed by atoms with Gasteiger partial charge in [-0.05, 0) is 26.3 Å². The fraction of sp³-hybridized carbons (Fsp3) is 0.500. The lowest BCUT2D eigenvalue weighted by Gasteiger charge is -2.20. The van der Waals surface area contributed by atoms with Crippen molar-refractivity contribution in [2.75, 3.05) is 0 Å². The Kier molecular flexibility index (Phi) is 4.78. The van der Waals surface area contributed by atoms with Crippen molar-refractivity contribution in [2.45, 2.75) is 40.0 Å². The summed E-state index contributed by atoms with van der Waals surface area (Å²) in [4.78, 5) is 11.7. The van der Waals surface area contributed by atoms with Gasteiger partial charge in [0.15, 0.2) is 0 Å². The van der Waals surface area contributed by atoms with Crippen LogP contribution in [0.4, 0.5) is 17.6 Å². The third-order valence-electron chi connectivity index (χ3n) is 3.18. The molecular weight excluding hydrogens is 276 g/mol. The molecule has 0 aromatic heterocycles. The Hall–Kier alpha value is -1.59. The summed E-state index contributed by atoms with van der Waals surface area (Å²) in [5, 5.41) is 0. The van der Waals surface area contributed by atoms with Crippen LogP contribution >= 0.6 is 0 Å². The molecule has 0 saturated heterocycles. The average molecular weight is 292 g/mol. The molecule has 2 nitrogen and oxygen atoms in total. The van der Waals surface area contributed by atoms with Gasteiger partial charge in [0, 0.05) is 5.56 Å². The summed E-state index contributed by atoms with van der Waals surface area (Å²) in [6.45, 7) is 4.57. The van der Waals surface area contributed by atoms with E-state index in [0.29, 0.717) is 12.5 Å². The number of carbonyl (C=O) groups is 1. The second kappa shape index (κ2) is 5.81. The second-order valence-corrected chi connectivity index (χ2v) is 5.09. The van der Waals surface area contributed by atoms with Gasteiger partial charge in [-0.1, -0.05) is 19.1 Å². The highest BCUT2D eigenvalue weighted by atomic mass is 19.4. The zero-order valence-corrected chi connectivity index (χ0v) is 11.5. The van der Waals surface area contributed by atoms with Crippen molar-refractivity contribution < 1.29 is 27.1 Å². The summed E-state index contributed by atoms with van der Waals surface area (Å²) < 4.78 is 56.1. The molecule has 0 N–H and O–H groups in total. The van der Waals surface area contributed by atoms with Gasteiger partial charge in [0.2, 0.25) is 0 Å². The predicted octanol–water partition coefficient (Wildman–Crippen LogP) is 4.32. The highest BCUT2D eigenvalue weighted by Gasteiger charge is 2.35. The van der Waals surface area contributed by atoms with E-state index in [2.05, 4.69) is 0 Å². The summed E-state index contributed by atoms with van der Waals surface area (Å²) in [5.74, 6) is -1.97. The molecule has 0 fully saturated rings. The molecule has 20 heavy (non-hydrogen) atoms. The quantitative estimate of drug-likeness (QED) is 0.610. The molecule has 0 unspecified atom stereocenters. The van der Waals surface area contributed by atoms with Crippen LogP contribution in [0.5, 0.6) is 0 Å². The van der Waals surface area contributed by atoms with Crippen molar-refractivity contribution in [2.24, 2.45) is 5.41 Å². The first-order chi connectivity index (χ1) is 9.09. The summed E-state index contributed by atoms with van der Waals surface area (Å²) >= 11 is 0. The Bertz CT molecular complexity index is 492. The third kappa shape index (κ3) is 3.71. The average Bonchev–Trinajstić information content (AvgIpc) is 2.35. The predicted molar refractivity (Wildman–Crippen MR) is 65.3 cm³/mol. The molecular formula is C14H16F4O2. The van der Waals surface area contributed by atoms with Crippen LogP contribution in [-0.2, 0) is 22.3 Å². The van der Waals surface area contributed by atoms with E-state index in [0.717, 1.165) is 12.1 Å². The molecule has 112 valence electrons. The van der Waals surface area contributed by atoms with Crippen molar-refractivity contribution in [3.8, 4) is 0 Å². The SMILES string of the molecule is CCC(C)(C)C(=O)OCc1cccc(C(F)(F)F)c1F. The van der Waals surface area contributed by atoms with Gasteiger partial charge in [0.1, 0.15) is 12.4 Å². The maximum absolute atomic E-state index is 13.7. The maximum atomic E-state index is 13.7. The monoisotopic (exact) mass is 292 g/mol. The van der Waals surface area contributed by atoms with Crippen LogP contribution in [0.15, 0.2) is 18.2 Å². The summed E-state index contributed by atoms with van der Waals surface area (Å²) in [6, 6.07) is 2.90. The van der Waals surface area contributed by atoms with Crippen molar-refractivity contribution in [3.63, 3.8) is 0 Å². The minimum absolute atomic E-state index is 0.292. The molecule has 0 saturated carbocycles. The zero-order chi connectivity index (χ0) is 15.6. The van der Waals surface area contributed by atoms with Gasteiger partial charge in [0.05, 0.1) is 11.0 Å². The van der Waals surface area contributed by atoms with Crippen LogP contribution in [0.1, 0.15) is 38.3 Å². The van der Waals surface area contributed by atoms with Gasteiger partial charge in [-0.25, -0.2) is 4.39 Å². The van der Waals surface area contributed by atoms with Gasteiger partial charge >= 0.3 is 12.1 Å². The zero-order valence-electron chi connectivity index (χ0n) is 11.5. The van der Waals surface area contributed by atoms with E-state index < -0.39 is 35.5 Å². The summed E-state index contributed by atoms with van der Waals surface area (Å²) in [6.07, 6.45) is -4.26. The van der Waals surface area contributed by atoms with E-state index in [9.17, 15) is 22.4 Å². The van der Waals surface area contributed by atoms with Crippen molar-refractivity contribution in [3.05, 3.63) is 35.1 Å². The summed E-state index contributed by atoms with van der Waals surface area (Å²) in [7, 11) is 0. The maximum Gasteiger partial charge on any atom is 0.419 e. The first-order valence-electron chi connectivity index (χ1n) is 6.11. The smallest absolute Gasteiger partial charge is 0.419 e. The van der Waals surface area contributed by atoms with E-state index in [4.69, 9.17) is 4.74 Å². The Morgan fingerprint density at radius 3 is 2.35 bits per heavy atom. The van der Waals surface area contributed by atoms with Gasteiger partial charge in [-0.3, -0.25) is 4.79 Å². The molecule has 0 aliphatic carbocycles. The fourth-order valence-electron chi connectivity index (χ4n) is 1.39. The van der Waals surface area contributed by atoms with E-state index in [-0.39, 0.29) is 5.56 Å². The number of ether oxygens (including phenoxy) is 1.